The van der Waals surface area contributed by atoms with Gasteiger partial charge in [0.25, 0.3) is 0 Å². The van der Waals surface area contributed by atoms with Crippen LogP contribution < -0.4 is 5.73 Å². The van der Waals surface area contributed by atoms with Crippen LogP contribution in [0.3, 0.4) is 0 Å². The third-order valence-electron chi connectivity index (χ3n) is 0.755. The summed E-state index contributed by atoms with van der Waals surface area (Å²) in [6, 6.07) is 0. The second kappa shape index (κ2) is 4.27. The van der Waals surface area contributed by atoms with Gasteiger partial charge in [0.2, 0.25) is 0 Å². The van der Waals surface area contributed by atoms with Gasteiger partial charge in [-0.05, 0) is 12.3 Å². The lowest BCUT2D eigenvalue weighted by atomic mass is 10.3. The van der Waals surface area contributed by atoms with Crippen molar-refractivity contribution in [3.63, 3.8) is 0 Å². The van der Waals surface area contributed by atoms with Crippen molar-refractivity contribution in [3.8, 4) is 0 Å². The molecule has 2 N–H and O–H groups in total. The summed E-state index contributed by atoms with van der Waals surface area (Å²) in [5.41, 5.74) is 6.14. The van der Waals surface area contributed by atoms with Crippen LogP contribution in [0, 0.1) is 0 Å². The molecule has 0 fully saturated rings. The van der Waals surface area contributed by atoms with Crippen molar-refractivity contribution in [2.45, 2.75) is 0 Å². The van der Waals surface area contributed by atoms with Crippen LogP contribution in [0.25, 0.3) is 0 Å². The van der Waals surface area contributed by atoms with E-state index in [-0.39, 0.29) is 1.43 Å². The highest BCUT2D eigenvalue weighted by molar-refractivity contribution is 5.28. The molecule has 0 radical (unpaired) electrons. The zero-order valence-corrected chi connectivity index (χ0v) is 4.80. The highest BCUT2D eigenvalue weighted by Crippen LogP contribution is 1.89. The highest BCUT2D eigenvalue weighted by atomic mass is 14.6. The molecule has 0 heterocycles. The predicted octanol–water partition coefficient (Wildman–Crippen LogP) is 0.962. The molecule has 0 aromatic carbocycles. The molecule has 0 aliphatic carbocycles. The van der Waals surface area contributed by atoms with Crippen molar-refractivity contribution >= 4 is 6.72 Å². The molecular weight excluding hydrogens is 100 g/mol. The molecule has 0 aromatic heterocycles. The van der Waals surface area contributed by atoms with Crippen molar-refractivity contribution in [3.05, 3.63) is 24.4 Å². The molecular formula is C6H12N2. The Kier molecular flexibility index (Phi) is 3.80. The first-order valence-corrected chi connectivity index (χ1v) is 2.32. The molecule has 0 aliphatic heterocycles. The van der Waals surface area contributed by atoms with Crippen molar-refractivity contribution in [1.82, 2.24) is 0 Å². The van der Waals surface area contributed by atoms with Gasteiger partial charge in [-0.25, -0.2) is 0 Å². The summed E-state index contributed by atoms with van der Waals surface area (Å²) < 4.78 is 0. The molecule has 0 atom stereocenters. The summed E-state index contributed by atoms with van der Waals surface area (Å²) in [7, 11) is 0. The maximum atomic E-state index is 5.24. The molecule has 0 unspecified atom stereocenters. The standard InChI is InChI=1S/C6H10N2.H2/c1-3-6(4-7)5-8-2;/h3,5H,1-2,4,7H2;1H/b6-5+;. The maximum Gasteiger partial charge on any atom is 0.0305 e. The summed E-state index contributed by atoms with van der Waals surface area (Å²) in [6.07, 6.45) is 3.25. The lowest BCUT2D eigenvalue weighted by Crippen LogP contribution is -1.99. The van der Waals surface area contributed by atoms with Gasteiger partial charge in [0, 0.05) is 14.2 Å². The Balaban J connectivity index is 0. The van der Waals surface area contributed by atoms with E-state index < -0.39 is 0 Å². The normalized spacial score (nSPS) is 10.9. The van der Waals surface area contributed by atoms with E-state index >= 15 is 0 Å². The minimum absolute atomic E-state index is 0. The van der Waals surface area contributed by atoms with Gasteiger partial charge in [-0.15, -0.1) is 0 Å². The fraction of sp³-hybridized carbons (Fsp3) is 0.167. The first-order valence-electron chi connectivity index (χ1n) is 2.32. The Morgan fingerprint density at radius 1 is 1.88 bits per heavy atom. The van der Waals surface area contributed by atoms with Gasteiger partial charge >= 0.3 is 0 Å². The monoisotopic (exact) mass is 112 g/mol. The van der Waals surface area contributed by atoms with Crippen LogP contribution in [-0.2, 0) is 0 Å². The van der Waals surface area contributed by atoms with Gasteiger partial charge in [-0.2, -0.15) is 0 Å². The minimum Gasteiger partial charge on any atom is -0.326 e. The average molecular weight is 112 g/mol. The van der Waals surface area contributed by atoms with E-state index in [2.05, 4.69) is 18.3 Å². The fourth-order valence-corrected chi connectivity index (χ4v) is 0.306. The van der Waals surface area contributed by atoms with Gasteiger partial charge in [0.05, 0.1) is 0 Å². The van der Waals surface area contributed by atoms with E-state index in [1.807, 2.05) is 0 Å². The summed E-state index contributed by atoms with van der Waals surface area (Å²) in [5.74, 6) is 0. The van der Waals surface area contributed by atoms with E-state index in [0.29, 0.717) is 6.54 Å². The molecule has 0 bridgehead atoms. The SMILES string of the molecule is C=C/C(=C\N=C)CN.[HH]. The number of nitrogens with two attached hydrogens (primary N) is 1. The van der Waals surface area contributed by atoms with E-state index in [4.69, 9.17) is 5.73 Å². The summed E-state index contributed by atoms with van der Waals surface area (Å²) in [5, 5.41) is 0. The Morgan fingerprint density at radius 3 is 2.62 bits per heavy atom. The molecule has 0 amide bonds. The fourth-order valence-electron chi connectivity index (χ4n) is 0.306. The van der Waals surface area contributed by atoms with Gasteiger partial charge in [0.1, 0.15) is 0 Å². The van der Waals surface area contributed by atoms with Crippen molar-refractivity contribution < 1.29 is 1.43 Å². The smallest absolute Gasteiger partial charge is 0.0305 e. The van der Waals surface area contributed by atoms with E-state index in [9.17, 15) is 0 Å². The molecule has 0 saturated carbocycles. The number of hydrogen-bond donors (Lipinski definition) is 1. The summed E-state index contributed by atoms with van der Waals surface area (Å²) in [4.78, 5) is 3.51. The zero-order chi connectivity index (χ0) is 6.41. The Hall–Kier alpha value is -0.890. The summed E-state index contributed by atoms with van der Waals surface area (Å²) in [6.45, 7) is 7.26. The Labute approximate surface area is 50.9 Å². The first kappa shape index (κ1) is 7.11. The molecule has 0 aliphatic rings. The second-order valence-electron chi connectivity index (χ2n) is 1.29. The quantitative estimate of drug-likeness (QED) is 0.428. The van der Waals surface area contributed by atoms with Crippen LogP contribution in [-0.4, -0.2) is 13.3 Å². The number of rotatable bonds is 3. The van der Waals surface area contributed by atoms with Crippen LogP contribution in [0.1, 0.15) is 1.43 Å². The lowest BCUT2D eigenvalue weighted by Gasteiger charge is -1.88. The minimum atomic E-state index is 0. The van der Waals surface area contributed by atoms with Crippen molar-refractivity contribution in [2.24, 2.45) is 10.7 Å². The van der Waals surface area contributed by atoms with E-state index in [1.165, 1.54) is 0 Å². The molecule has 8 heavy (non-hydrogen) atoms. The lowest BCUT2D eigenvalue weighted by molar-refractivity contribution is 1.18. The molecule has 0 saturated heterocycles. The largest absolute Gasteiger partial charge is 0.326 e. The van der Waals surface area contributed by atoms with Gasteiger partial charge < -0.3 is 5.73 Å². The molecule has 0 aromatic rings. The van der Waals surface area contributed by atoms with Crippen molar-refractivity contribution in [2.75, 3.05) is 6.54 Å². The number of hydrogen-bond acceptors (Lipinski definition) is 2. The topological polar surface area (TPSA) is 38.4 Å². The van der Waals surface area contributed by atoms with Gasteiger partial charge in [-0.3, -0.25) is 4.99 Å². The third kappa shape index (κ3) is 2.31. The van der Waals surface area contributed by atoms with Gasteiger partial charge in [-0.1, -0.05) is 12.7 Å². The van der Waals surface area contributed by atoms with Crippen LogP contribution >= 0.6 is 0 Å². The first-order chi connectivity index (χ1) is 3.85. The van der Waals surface area contributed by atoms with Crippen LogP contribution in [0.5, 0.6) is 0 Å². The second-order valence-corrected chi connectivity index (χ2v) is 1.29. The molecule has 0 rings (SSSR count). The molecule has 0 spiro atoms. The zero-order valence-electron chi connectivity index (χ0n) is 4.80. The third-order valence-corrected chi connectivity index (χ3v) is 0.755. The van der Waals surface area contributed by atoms with Crippen LogP contribution in [0.2, 0.25) is 0 Å². The predicted molar refractivity (Wildman–Crippen MR) is 39.0 cm³/mol. The maximum absolute atomic E-state index is 5.24. The molecule has 2 heteroatoms. The van der Waals surface area contributed by atoms with E-state index in [1.54, 1.807) is 12.3 Å². The number of aliphatic imine (C=N–C) groups is 1. The van der Waals surface area contributed by atoms with Crippen LogP contribution in [0.15, 0.2) is 29.4 Å². The van der Waals surface area contributed by atoms with Crippen LogP contribution in [0.4, 0.5) is 0 Å². The average Bonchev–Trinajstić information content (AvgIpc) is 1.83. The molecule has 2 nitrogen and oxygen atoms in total. The Morgan fingerprint density at radius 2 is 2.50 bits per heavy atom. The highest BCUT2D eigenvalue weighted by Gasteiger charge is 1.80. The van der Waals surface area contributed by atoms with Crippen molar-refractivity contribution in [1.29, 1.82) is 0 Å². The number of nitrogens with zero attached hydrogens (tertiary/aromatic N) is 1. The Bertz CT molecular complexity index is 118. The summed E-state index contributed by atoms with van der Waals surface area (Å²) >= 11 is 0. The van der Waals surface area contributed by atoms with E-state index in [0.717, 1.165) is 5.57 Å². The molecule has 46 valence electrons. The van der Waals surface area contributed by atoms with Gasteiger partial charge in [0.15, 0.2) is 0 Å².